The van der Waals surface area contributed by atoms with Gasteiger partial charge in [-0.25, -0.2) is 0 Å². The smallest absolute Gasteiger partial charge is 0.0221 e. The van der Waals surface area contributed by atoms with Crippen LogP contribution in [0.15, 0.2) is 0 Å². The topological polar surface area (TPSA) is 30.5 Å². The fourth-order valence-corrected chi connectivity index (χ4v) is 4.06. The normalized spacial score (nSPS) is 30.5. The van der Waals surface area contributed by atoms with Gasteiger partial charge in [0.1, 0.15) is 0 Å². The van der Waals surface area contributed by atoms with Gasteiger partial charge >= 0.3 is 0 Å². The second kappa shape index (κ2) is 9.36. The molecule has 0 amide bonds. The minimum absolute atomic E-state index is 0.671. The molecule has 2 saturated heterocycles. The van der Waals surface area contributed by atoms with Crippen molar-refractivity contribution in [3.8, 4) is 0 Å². The quantitative estimate of drug-likeness (QED) is 0.751. The van der Waals surface area contributed by atoms with Crippen molar-refractivity contribution in [1.29, 1.82) is 0 Å². The van der Waals surface area contributed by atoms with Crippen LogP contribution >= 0.6 is 0 Å². The van der Waals surface area contributed by atoms with E-state index in [2.05, 4.69) is 55.1 Å². The Labute approximate surface area is 144 Å². The molecule has 2 aliphatic heterocycles. The van der Waals surface area contributed by atoms with Crippen LogP contribution in [-0.4, -0.2) is 73.2 Å². The van der Waals surface area contributed by atoms with E-state index in [1.54, 1.807) is 0 Å². The fourth-order valence-electron chi connectivity index (χ4n) is 4.06. The molecule has 0 radical (unpaired) electrons. The van der Waals surface area contributed by atoms with E-state index in [1.807, 2.05) is 0 Å². The summed E-state index contributed by atoms with van der Waals surface area (Å²) >= 11 is 0. The molecule has 136 valence electrons. The monoisotopic (exact) mass is 324 g/mol. The van der Waals surface area contributed by atoms with E-state index in [-0.39, 0.29) is 0 Å². The Morgan fingerprint density at radius 1 is 0.913 bits per heavy atom. The van der Waals surface area contributed by atoms with Crippen molar-refractivity contribution in [2.45, 2.75) is 78.0 Å². The predicted octanol–water partition coefficient (Wildman–Crippen LogP) is 2.16. The van der Waals surface area contributed by atoms with Gasteiger partial charge in [0, 0.05) is 63.4 Å². The minimum Gasteiger partial charge on any atom is -0.311 e. The molecule has 4 atom stereocenters. The molecule has 4 heteroatoms. The number of piperazine rings is 2. The lowest BCUT2D eigenvalue weighted by molar-refractivity contribution is 0.119. The second-order valence-corrected chi connectivity index (χ2v) is 8.11. The lowest BCUT2D eigenvalue weighted by Gasteiger charge is -2.40. The van der Waals surface area contributed by atoms with Crippen molar-refractivity contribution in [1.82, 2.24) is 20.4 Å². The van der Waals surface area contributed by atoms with E-state index in [4.69, 9.17) is 0 Å². The number of rotatable bonds is 7. The summed E-state index contributed by atoms with van der Waals surface area (Å²) < 4.78 is 0. The third-order valence-electron chi connectivity index (χ3n) is 6.10. The Morgan fingerprint density at radius 3 is 2.30 bits per heavy atom. The molecule has 2 N–H and O–H groups in total. The van der Waals surface area contributed by atoms with Crippen LogP contribution in [0.4, 0.5) is 0 Å². The standard InChI is InChI=1S/C19H40N4/c1-6-18-13-23(12-9-20-18)17(5)8-7-16(4)19-14-22(15(2)3)11-10-21-19/h15-21H,6-14H2,1-5H3/t16?,17-,18?,19?/m1/s1. The van der Waals surface area contributed by atoms with Crippen molar-refractivity contribution in [2.24, 2.45) is 5.92 Å². The summed E-state index contributed by atoms with van der Waals surface area (Å²) in [5.74, 6) is 0.767. The van der Waals surface area contributed by atoms with Gasteiger partial charge in [-0.15, -0.1) is 0 Å². The van der Waals surface area contributed by atoms with Crippen molar-refractivity contribution in [3.63, 3.8) is 0 Å². The second-order valence-electron chi connectivity index (χ2n) is 8.11. The molecule has 0 aromatic carbocycles. The molecular weight excluding hydrogens is 284 g/mol. The third kappa shape index (κ3) is 5.70. The molecule has 2 aliphatic rings. The van der Waals surface area contributed by atoms with Crippen molar-refractivity contribution < 1.29 is 0 Å². The van der Waals surface area contributed by atoms with E-state index in [1.165, 1.54) is 45.4 Å². The summed E-state index contributed by atoms with van der Waals surface area (Å²) in [6.45, 7) is 19.0. The molecular formula is C19H40N4. The highest BCUT2D eigenvalue weighted by molar-refractivity contribution is 4.85. The Bertz CT molecular complexity index is 333. The summed E-state index contributed by atoms with van der Waals surface area (Å²) in [5, 5.41) is 7.39. The Balaban J connectivity index is 1.73. The van der Waals surface area contributed by atoms with Gasteiger partial charge in [-0.2, -0.15) is 0 Å². The lowest BCUT2D eigenvalue weighted by Crippen LogP contribution is -2.55. The molecule has 2 rings (SSSR count). The summed E-state index contributed by atoms with van der Waals surface area (Å²) in [6.07, 6.45) is 3.92. The largest absolute Gasteiger partial charge is 0.311 e. The van der Waals surface area contributed by atoms with Crippen molar-refractivity contribution in [2.75, 3.05) is 39.3 Å². The van der Waals surface area contributed by atoms with Gasteiger partial charge in [0.05, 0.1) is 0 Å². The maximum absolute atomic E-state index is 3.76. The van der Waals surface area contributed by atoms with Crippen LogP contribution in [0.5, 0.6) is 0 Å². The molecule has 2 fully saturated rings. The van der Waals surface area contributed by atoms with Crippen LogP contribution < -0.4 is 10.6 Å². The molecule has 3 unspecified atom stereocenters. The van der Waals surface area contributed by atoms with Gasteiger partial charge in [-0.1, -0.05) is 13.8 Å². The van der Waals surface area contributed by atoms with Crippen LogP contribution in [0.1, 0.15) is 53.9 Å². The van der Waals surface area contributed by atoms with Gasteiger partial charge < -0.3 is 10.6 Å². The highest BCUT2D eigenvalue weighted by Gasteiger charge is 2.27. The first kappa shape index (κ1) is 19.2. The summed E-state index contributed by atoms with van der Waals surface area (Å²) in [5.41, 5.74) is 0. The molecule has 0 aromatic rings. The first-order valence-corrected chi connectivity index (χ1v) is 9.96. The zero-order chi connectivity index (χ0) is 16.8. The van der Waals surface area contributed by atoms with E-state index >= 15 is 0 Å². The molecule has 0 bridgehead atoms. The number of hydrogen-bond donors (Lipinski definition) is 2. The van der Waals surface area contributed by atoms with Crippen LogP contribution in [0, 0.1) is 5.92 Å². The first-order chi connectivity index (χ1) is 11.0. The summed E-state index contributed by atoms with van der Waals surface area (Å²) in [4.78, 5) is 5.33. The third-order valence-corrected chi connectivity index (χ3v) is 6.10. The number of nitrogens with zero attached hydrogens (tertiary/aromatic N) is 2. The van der Waals surface area contributed by atoms with Gasteiger partial charge in [0.2, 0.25) is 0 Å². The summed E-state index contributed by atoms with van der Waals surface area (Å²) in [6, 6.07) is 2.77. The molecule has 0 aromatic heterocycles. The van der Waals surface area contributed by atoms with Crippen LogP contribution in [0.25, 0.3) is 0 Å². The Kier molecular flexibility index (Phi) is 7.80. The van der Waals surface area contributed by atoms with E-state index < -0.39 is 0 Å². The van der Waals surface area contributed by atoms with Crippen LogP contribution in [0.3, 0.4) is 0 Å². The van der Waals surface area contributed by atoms with Crippen molar-refractivity contribution >= 4 is 0 Å². The minimum atomic E-state index is 0.671. The summed E-state index contributed by atoms with van der Waals surface area (Å²) in [7, 11) is 0. The molecule has 4 nitrogen and oxygen atoms in total. The van der Waals surface area contributed by atoms with E-state index in [0.717, 1.165) is 25.0 Å². The molecule has 2 heterocycles. The number of hydrogen-bond acceptors (Lipinski definition) is 4. The molecule has 0 aliphatic carbocycles. The molecule has 0 spiro atoms. The lowest BCUT2D eigenvalue weighted by atomic mass is 9.92. The average Bonchev–Trinajstić information content (AvgIpc) is 2.59. The number of nitrogens with one attached hydrogen (secondary N) is 2. The SMILES string of the molecule is CCC1CN([C@H](C)CCC(C)C2CN(C(C)C)CCN2)CCN1. The zero-order valence-corrected chi connectivity index (χ0v) is 16.1. The molecule has 0 saturated carbocycles. The Hall–Kier alpha value is -0.160. The zero-order valence-electron chi connectivity index (χ0n) is 16.1. The van der Waals surface area contributed by atoms with Gasteiger partial charge in [0.15, 0.2) is 0 Å². The van der Waals surface area contributed by atoms with Gasteiger partial charge in [-0.05, 0) is 46.0 Å². The highest BCUT2D eigenvalue weighted by Crippen LogP contribution is 2.19. The van der Waals surface area contributed by atoms with E-state index in [0.29, 0.717) is 18.1 Å². The van der Waals surface area contributed by atoms with Crippen LogP contribution in [-0.2, 0) is 0 Å². The van der Waals surface area contributed by atoms with Gasteiger partial charge in [0.25, 0.3) is 0 Å². The van der Waals surface area contributed by atoms with Crippen molar-refractivity contribution in [3.05, 3.63) is 0 Å². The predicted molar refractivity (Wildman–Crippen MR) is 100 cm³/mol. The van der Waals surface area contributed by atoms with Crippen LogP contribution in [0.2, 0.25) is 0 Å². The maximum atomic E-state index is 3.76. The average molecular weight is 325 g/mol. The fraction of sp³-hybridized carbons (Fsp3) is 1.00. The van der Waals surface area contributed by atoms with E-state index in [9.17, 15) is 0 Å². The maximum Gasteiger partial charge on any atom is 0.0221 e. The molecule has 23 heavy (non-hydrogen) atoms. The Morgan fingerprint density at radius 2 is 1.61 bits per heavy atom. The first-order valence-electron chi connectivity index (χ1n) is 9.96. The highest BCUT2D eigenvalue weighted by atomic mass is 15.2. The van der Waals surface area contributed by atoms with Gasteiger partial charge in [-0.3, -0.25) is 9.80 Å².